The molecule has 0 bridgehead atoms. The summed E-state index contributed by atoms with van der Waals surface area (Å²) in [4.78, 5) is 38.4. The largest absolute Gasteiger partial charge is 0.347 e. The monoisotopic (exact) mass is 421 g/mol. The molecule has 29 heavy (non-hydrogen) atoms. The van der Waals surface area contributed by atoms with E-state index < -0.39 is 15.8 Å². The van der Waals surface area contributed by atoms with E-state index in [0.29, 0.717) is 6.42 Å². The fraction of sp³-hybridized carbons (Fsp3) is 0.550. The van der Waals surface area contributed by atoms with Gasteiger partial charge in [0.2, 0.25) is 17.7 Å². The summed E-state index contributed by atoms with van der Waals surface area (Å²) in [6.45, 7) is 5.82. The number of amides is 3. The van der Waals surface area contributed by atoms with E-state index in [1.807, 2.05) is 32.9 Å². The summed E-state index contributed by atoms with van der Waals surface area (Å²) in [5.41, 5.74) is 3.74. The van der Waals surface area contributed by atoms with Crippen LogP contribution in [0.2, 0.25) is 0 Å². The molecule has 8 nitrogen and oxygen atoms in total. The Labute approximate surface area is 170 Å². The van der Waals surface area contributed by atoms with Crippen LogP contribution in [-0.2, 0) is 24.2 Å². The summed E-state index contributed by atoms with van der Waals surface area (Å²) in [6.07, 6.45) is 0.459. The zero-order valence-electron chi connectivity index (χ0n) is 16.9. The summed E-state index contributed by atoms with van der Waals surface area (Å²) in [6, 6.07) is 3.60. The fourth-order valence-electron chi connectivity index (χ4n) is 4.15. The van der Waals surface area contributed by atoms with Gasteiger partial charge in [-0.15, -0.1) is 0 Å². The Balaban J connectivity index is 1.52. The highest BCUT2D eigenvalue weighted by Gasteiger charge is 2.41. The Morgan fingerprint density at radius 3 is 2.41 bits per heavy atom. The number of carbonyl (C=O) groups excluding carboxylic acids is 3. The van der Waals surface area contributed by atoms with Gasteiger partial charge in [-0.1, -0.05) is 17.7 Å². The number of likely N-dealkylation sites (tertiary alicyclic amines) is 1. The average Bonchev–Trinajstić information content (AvgIpc) is 3.18. The fourth-order valence-corrected chi connectivity index (χ4v) is 5.88. The number of nitrogens with zero attached hydrogens (tertiary/aromatic N) is 1. The maximum Gasteiger partial charge on any atom is 0.243 e. The number of hydrogen-bond acceptors (Lipinski definition) is 5. The van der Waals surface area contributed by atoms with Crippen LogP contribution >= 0.6 is 0 Å². The summed E-state index contributed by atoms with van der Waals surface area (Å²) < 4.78 is 23.3. The van der Waals surface area contributed by atoms with Crippen LogP contribution in [0.1, 0.15) is 29.5 Å². The lowest BCUT2D eigenvalue weighted by molar-refractivity contribution is -0.130. The molecule has 2 saturated heterocycles. The zero-order valence-corrected chi connectivity index (χ0v) is 17.8. The number of carbonyl (C=O) groups is 3. The number of hydrogen-bond donors (Lipinski definition) is 2. The quantitative estimate of drug-likeness (QED) is 0.727. The minimum absolute atomic E-state index is 0.0370. The van der Waals surface area contributed by atoms with Gasteiger partial charge in [-0.2, -0.15) is 0 Å². The Kier molecular flexibility index (Phi) is 5.97. The van der Waals surface area contributed by atoms with Crippen molar-refractivity contribution < 1.29 is 22.8 Å². The van der Waals surface area contributed by atoms with Crippen LogP contribution in [0.5, 0.6) is 0 Å². The topological polar surface area (TPSA) is 113 Å². The Bertz CT molecular complexity index is 934. The molecule has 2 atom stereocenters. The lowest BCUT2D eigenvalue weighted by Gasteiger charge is -2.22. The molecule has 0 spiro atoms. The molecule has 1 aromatic carbocycles. The highest BCUT2D eigenvalue weighted by atomic mass is 32.2. The van der Waals surface area contributed by atoms with Crippen LogP contribution in [0.4, 0.5) is 5.69 Å². The Hall–Kier alpha value is -2.42. The maximum atomic E-state index is 12.4. The second-order valence-corrected chi connectivity index (χ2v) is 10.3. The Morgan fingerprint density at radius 1 is 1.17 bits per heavy atom. The molecule has 2 aliphatic rings. The Morgan fingerprint density at radius 2 is 1.83 bits per heavy atom. The molecule has 158 valence electrons. The highest BCUT2D eigenvalue weighted by Crippen LogP contribution is 2.26. The summed E-state index contributed by atoms with van der Waals surface area (Å²) >= 11 is 0. The van der Waals surface area contributed by atoms with E-state index in [2.05, 4.69) is 10.6 Å². The molecular formula is C20H27N3O5S. The van der Waals surface area contributed by atoms with Crippen molar-refractivity contribution in [1.29, 1.82) is 0 Å². The zero-order chi connectivity index (χ0) is 21.3. The van der Waals surface area contributed by atoms with Crippen molar-refractivity contribution in [3.63, 3.8) is 0 Å². The van der Waals surface area contributed by atoms with Crippen molar-refractivity contribution in [3.8, 4) is 0 Å². The molecule has 9 heteroatoms. The van der Waals surface area contributed by atoms with Crippen molar-refractivity contribution in [2.75, 3.05) is 29.9 Å². The molecule has 3 amide bonds. The number of aryl methyl sites for hydroxylation is 3. The number of anilines is 1. The minimum Gasteiger partial charge on any atom is -0.347 e. The number of benzene rings is 1. The van der Waals surface area contributed by atoms with E-state index in [1.165, 1.54) is 4.90 Å². The van der Waals surface area contributed by atoms with Gasteiger partial charge in [0, 0.05) is 24.7 Å². The van der Waals surface area contributed by atoms with Gasteiger partial charge in [0.15, 0.2) is 9.84 Å². The minimum atomic E-state index is -3.10. The third kappa shape index (κ3) is 4.95. The first kappa shape index (κ1) is 21.3. The molecule has 2 N–H and O–H groups in total. The second kappa shape index (κ2) is 8.14. The smallest absolute Gasteiger partial charge is 0.243 e. The van der Waals surface area contributed by atoms with Gasteiger partial charge < -0.3 is 15.5 Å². The normalized spacial score (nSPS) is 23.3. The predicted octanol–water partition coefficient (Wildman–Crippen LogP) is 0.702. The van der Waals surface area contributed by atoms with Gasteiger partial charge in [-0.05, 0) is 38.3 Å². The van der Waals surface area contributed by atoms with Crippen LogP contribution in [-0.4, -0.2) is 61.7 Å². The highest BCUT2D eigenvalue weighted by molar-refractivity contribution is 7.91. The van der Waals surface area contributed by atoms with E-state index >= 15 is 0 Å². The van der Waals surface area contributed by atoms with Crippen molar-refractivity contribution in [3.05, 3.63) is 28.8 Å². The van der Waals surface area contributed by atoms with Crippen LogP contribution in [0.15, 0.2) is 12.1 Å². The second-order valence-electron chi connectivity index (χ2n) is 8.04. The molecule has 2 heterocycles. The number of sulfone groups is 1. The first-order valence-electron chi connectivity index (χ1n) is 9.71. The van der Waals surface area contributed by atoms with E-state index in [9.17, 15) is 22.8 Å². The van der Waals surface area contributed by atoms with Crippen molar-refractivity contribution in [1.82, 2.24) is 10.2 Å². The van der Waals surface area contributed by atoms with Gasteiger partial charge in [0.1, 0.15) is 0 Å². The number of nitrogens with one attached hydrogen (secondary N) is 2. The first-order valence-corrected chi connectivity index (χ1v) is 11.5. The van der Waals surface area contributed by atoms with Gasteiger partial charge >= 0.3 is 0 Å². The van der Waals surface area contributed by atoms with E-state index in [-0.39, 0.29) is 54.8 Å². The lowest BCUT2D eigenvalue weighted by Crippen LogP contribution is -2.40. The van der Waals surface area contributed by atoms with Gasteiger partial charge in [0.05, 0.1) is 24.0 Å². The SMILES string of the molecule is Cc1cc(C)c(NC(=O)CNC(=O)[C@H]2CC(=O)N([C@H]3CCS(=O)(=O)C3)C2)c(C)c1. The van der Waals surface area contributed by atoms with Crippen LogP contribution < -0.4 is 10.6 Å². The van der Waals surface area contributed by atoms with Gasteiger partial charge in [0.25, 0.3) is 0 Å². The predicted molar refractivity (Wildman–Crippen MR) is 109 cm³/mol. The first-order chi connectivity index (χ1) is 13.6. The lowest BCUT2D eigenvalue weighted by atomic mass is 10.1. The van der Waals surface area contributed by atoms with E-state index in [1.54, 1.807) is 0 Å². The van der Waals surface area contributed by atoms with Crippen molar-refractivity contribution >= 4 is 33.2 Å². The molecule has 0 radical (unpaired) electrons. The van der Waals surface area contributed by atoms with Crippen LogP contribution in [0.25, 0.3) is 0 Å². The van der Waals surface area contributed by atoms with E-state index in [0.717, 1.165) is 22.4 Å². The molecule has 2 aliphatic heterocycles. The summed E-state index contributed by atoms with van der Waals surface area (Å²) in [5.74, 6) is -1.43. The molecule has 0 saturated carbocycles. The van der Waals surface area contributed by atoms with Crippen molar-refractivity contribution in [2.45, 2.75) is 39.7 Å². The molecule has 1 aromatic rings. The van der Waals surface area contributed by atoms with Gasteiger partial charge in [-0.25, -0.2) is 8.42 Å². The molecule has 0 aliphatic carbocycles. The summed E-state index contributed by atoms with van der Waals surface area (Å²) in [7, 11) is -3.10. The van der Waals surface area contributed by atoms with Crippen molar-refractivity contribution in [2.24, 2.45) is 5.92 Å². The average molecular weight is 422 g/mol. The summed E-state index contributed by atoms with van der Waals surface area (Å²) in [5, 5.41) is 5.42. The third-order valence-corrected chi connectivity index (χ3v) is 7.29. The standard InChI is InChI=1S/C20H27N3O5S/c1-12-6-13(2)19(14(3)7-12)22-17(24)9-21-20(26)15-8-18(25)23(10-15)16-4-5-29(27,28)11-16/h6-7,15-16H,4-5,8-11H2,1-3H3,(H,21,26)(H,22,24)/t15-,16-/m0/s1. The molecule has 2 fully saturated rings. The maximum absolute atomic E-state index is 12.4. The number of rotatable bonds is 5. The van der Waals surface area contributed by atoms with Gasteiger partial charge in [-0.3, -0.25) is 14.4 Å². The van der Waals surface area contributed by atoms with Crippen LogP contribution in [0.3, 0.4) is 0 Å². The molecular weight excluding hydrogens is 394 g/mol. The molecule has 0 unspecified atom stereocenters. The van der Waals surface area contributed by atoms with E-state index in [4.69, 9.17) is 0 Å². The third-order valence-electron chi connectivity index (χ3n) is 5.54. The molecule has 0 aromatic heterocycles. The van der Waals surface area contributed by atoms with Crippen LogP contribution in [0, 0.1) is 26.7 Å². The molecule has 3 rings (SSSR count).